The van der Waals surface area contributed by atoms with Crippen molar-refractivity contribution in [1.29, 1.82) is 0 Å². The monoisotopic (exact) mass is 344 g/mol. The lowest BCUT2D eigenvalue weighted by molar-refractivity contribution is 0.248. The molecule has 0 saturated heterocycles. The number of fused-ring (bicyclic) bond motifs is 1. The number of nitrogens with one attached hydrogen (secondary N) is 3. The minimum atomic E-state index is -0.670. The molecule has 0 radical (unpaired) electrons. The zero-order valence-electron chi connectivity index (χ0n) is 14.1. The maximum absolute atomic E-state index is 12.5. The molecule has 3 rings (SSSR count). The van der Waals surface area contributed by atoms with E-state index in [2.05, 4.69) is 15.6 Å². The van der Waals surface area contributed by atoms with Crippen LogP contribution in [-0.2, 0) is 6.54 Å². The van der Waals surface area contributed by atoms with Crippen molar-refractivity contribution in [2.24, 2.45) is 0 Å². The van der Waals surface area contributed by atoms with Gasteiger partial charge in [-0.15, -0.1) is 0 Å². The largest absolute Gasteiger partial charge is 0.497 e. The molecule has 1 aliphatic rings. The Morgan fingerprint density at radius 3 is 2.76 bits per heavy atom. The number of anilines is 1. The quantitative estimate of drug-likeness (QED) is 0.765. The standard InChI is InChI=1S/C17H20N4O4/c1-3-4-8-21-14-12(15(22)20-17(21)24)13(18-16(23)19-14)10-6-5-7-11(9-10)25-2/h5-7,9,13H,3-4,8H2,1-2H3,(H2,18,19,23)(H,20,22,24). The number of carbonyl (C=O) groups is 1. The lowest BCUT2D eigenvalue weighted by Crippen LogP contribution is -2.46. The minimum Gasteiger partial charge on any atom is -0.497 e. The zero-order valence-corrected chi connectivity index (χ0v) is 14.1. The molecule has 8 nitrogen and oxygen atoms in total. The van der Waals surface area contributed by atoms with Crippen LogP contribution in [0.1, 0.15) is 36.9 Å². The highest BCUT2D eigenvalue weighted by Crippen LogP contribution is 2.30. The van der Waals surface area contributed by atoms with Gasteiger partial charge in [-0.3, -0.25) is 19.7 Å². The fraction of sp³-hybridized carbons (Fsp3) is 0.353. The Labute approximate surface area is 143 Å². The van der Waals surface area contributed by atoms with Crippen molar-refractivity contribution in [3.63, 3.8) is 0 Å². The molecule has 1 aromatic heterocycles. The third-order valence-corrected chi connectivity index (χ3v) is 4.19. The van der Waals surface area contributed by atoms with Crippen LogP contribution in [0.3, 0.4) is 0 Å². The third-order valence-electron chi connectivity index (χ3n) is 4.19. The van der Waals surface area contributed by atoms with E-state index in [1.165, 1.54) is 4.57 Å². The van der Waals surface area contributed by atoms with Crippen molar-refractivity contribution in [3.8, 4) is 5.75 Å². The summed E-state index contributed by atoms with van der Waals surface area (Å²) >= 11 is 0. The van der Waals surface area contributed by atoms with Gasteiger partial charge in [0.1, 0.15) is 11.6 Å². The van der Waals surface area contributed by atoms with Gasteiger partial charge in [0.2, 0.25) is 0 Å². The molecule has 0 aliphatic carbocycles. The number of benzene rings is 1. The van der Waals surface area contributed by atoms with E-state index in [4.69, 9.17) is 4.74 Å². The number of amides is 2. The molecule has 1 atom stereocenters. The molecule has 25 heavy (non-hydrogen) atoms. The van der Waals surface area contributed by atoms with Gasteiger partial charge in [-0.2, -0.15) is 0 Å². The Bertz CT molecular complexity index is 916. The molecule has 132 valence electrons. The second kappa shape index (κ2) is 6.84. The number of nitrogens with zero attached hydrogens (tertiary/aromatic N) is 1. The number of hydrogen-bond donors (Lipinski definition) is 3. The molecule has 1 aliphatic heterocycles. The smallest absolute Gasteiger partial charge is 0.329 e. The maximum atomic E-state index is 12.5. The Morgan fingerprint density at radius 2 is 2.04 bits per heavy atom. The fourth-order valence-corrected chi connectivity index (χ4v) is 2.94. The first-order valence-electron chi connectivity index (χ1n) is 8.13. The molecule has 8 heteroatoms. The number of aromatic nitrogens is 2. The summed E-state index contributed by atoms with van der Waals surface area (Å²) in [7, 11) is 1.54. The van der Waals surface area contributed by atoms with E-state index in [9.17, 15) is 14.4 Å². The number of hydrogen-bond acceptors (Lipinski definition) is 4. The van der Waals surface area contributed by atoms with Gasteiger partial charge in [-0.05, 0) is 24.1 Å². The average molecular weight is 344 g/mol. The predicted molar refractivity (Wildman–Crippen MR) is 93.2 cm³/mol. The molecule has 0 spiro atoms. The lowest BCUT2D eigenvalue weighted by atomic mass is 9.98. The number of H-pyrrole nitrogens is 1. The van der Waals surface area contributed by atoms with Gasteiger partial charge in [-0.25, -0.2) is 9.59 Å². The van der Waals surface area contributed by atoms with E-state index in [0.29, 0.717) is 23.4 Å². The average Bonchev–Trinajstić information content (AvgIpc) is 2.60. The van der Waals surface area contributed by atoms with E-state index in [1.807, 2.05) is 6.92 Å². The number of unbranched alkanes of at least 4 members (excludes halogenated alkanes) is 1. The van der Waals surface area contributed by atoms with Gasteiger partial charge in [0.25, 0.3) is 5.56 Å². The van der Waals surface area contributed by atoms with E-state index in [0.717, 1.165) is 12.8 Å². The number of aromatic amines is 1. The molecule has 2 aromatic rings. The fourth-order valence-electron chi connectivity index (χ4n) is 2.94. The minimum absolute atomic E-state index is 0.249. The van der Waals surface area contributed by atoms with Crippen LogP contribution in [0.15, 0.2) is 33.9 Å². The number of carbonyl (C=O) groups excluding carboxylic acids is 1. The van der Waals surface area contributed by atoms with Crippen molar-refractivity contribution in [2.75, 3.05) is 12.4 Å². The normalized spacial score (nSPS) is 15.9. The van der Waals surface area contributed by atoms with Gasteiger partial charge in [0.15, 0.2) is 0 Å². The summed E-state index contributed by atoms with van der Waals surface area (Å²) < 4.78 is 6.63. The second-order valence-corrected chi connectivity index (χ2v) is 5.83. The molecule has 1 aromatic carbocycles. The molecule has 0 bridgehead atoms. The van der Waals surface area contributed by atoms with E-state index < -0.39 is 23.3 Å². The summed E-state index contributed by atoms with van der Waals surface area (Å²) in [5, 5.41) is 5.35. The molecule has 2 heterocycles. The van der Waals surface area contributed by atoms with E-state index >= 15 is 0 Å². The highest BCUT2D eigenvalue weighted by Gasteiger charge is 2.31. The Balaban J connectivity index is 2.18. The molecule has 3 N–H and O–H groups in total. The van der Waals surface area contributed by atoms with Crippen molar-refractivity contribution in [1.82, 2.24) is 14.9 Å². The van der Waals surface area contributed by atoms with Crippen molar-refractivity contribution < 1.29 is 9.53 Å². The van der Waals surface area contributed by atoms with Crippen LogP contribution >= 0.6 is 0 Å². The summed E-state index contributed by atoms with van der Waals surface area (Å²) in [5.41, 5.74) is -0.0398. The summed E-state index contributed by atoms with van der Waals surface area (Å²) in [4.78, 5) is 39.1. The van der Waals surface area contributed by atoms with E-state index in [-0.39, 0.29) is 5.82 Å². The predicted octanol–water partition coefficient (Wildman–Crippen LogP) is 1.57. The molecular weight excluding hydrogens is 324 g/mol. The summed E-state index contributed by atoms with van der Waals surface area (Å²) in [6.07, 6.45) is 1.64. The second-order valence-electron chi connectivity index (χ2n) is 5.83. The first-order chi connectivity index (χ1) is 12.0. The van der Waals surface area contributed by atoms with Gasteiger partial charge in [-0.1, -0.05) is 25.5 Å². The lowest BCUT2D eigenvalue weighted by Gasteiger charge is -2.28. The van der Waals surface area contributed by atoms with Crippen LogP contribution in [0.4, 0.5) is 10.6 Å². The highest BCUT2D eigenvalue weighted by molar-refractivity contribution is 5.92. The van der Waals surface area contributed by atoms with E-state index in [1.54, 1.807) is 31.4 Å². The van der Waals surface area contributed by atoms with Crippen LogP contribution < -0.4 is 26.6 Å². The third kappa shape index (κ3) is 3.15. The molecule has 0 saturated carbocycles. The Morgan fingerprint density at radius 1 is 1.24 bits per heavy atom. The van der Waals surface area contributed by atoms with Gasteiger partial charge < -0.3 is 10.1 Å². The van der Waals surface area contributed by atoms with Crippen molar-refractivity contribution in [2.45, 2.75) is 32.4 Å². The SMILES string of the molecule is CCCCn1c2c(c(=O)[nH]c1=O)C(c1cccc(OC)c1)NC(=O)N2. The molecular formula is C17H20N4O4. The van der Waals surface area contributed by atoms with Crippen LogP contribution in [0, 0.1) is 0 Å². The molecule has 1 unspecified atom stereocenters. The summed E-state index contributed by atoms with van der Waals surface area (Å²) in [6.45, 7) is 2.42. The summed E-state index contributed by atoms with van der Waals surface area (Å²) in [5.74, 6) is 0.862. The van der Waals surface area contributed by atoms with Gasteiger partial charge in [0.05, 0.1) is 18.7 Å². The van der Waals surface area contributed by atoms with Gasteiger partial charge >= 0.3 is 11.7 Å². The first kappa shape index (κ1) is 16.8. The van der Waals surface area contributed by atoms with Crippen molar-refractivity contribution >= 4 is 11.8 Å². The van der Waals surface area contributed by atoms with Gasteiger partial charge in [0, 0.05) is 6.54 Å². The van der Waals surface area contributed by atoms with Crippen LogP contribution in [0.25, 0.3) is 0 Å². The molecule has 2 amide bonds. The number of methoxy groups -OCH3 is 1. The van der Waals surface area contributed by atoms with Crippen LogP contribution in [0.2, 0.25) is 0 Å². The first-order valence-corrected chi connectivity index (χ1v) is 8.13. The maximum Gasteiger partial charge on any atom is 0.329 e. The highest BCUT2D eigenvalue weighted by atomic mass is 16.5. The zero-order chi connectivity index (χ0) is 18.0. The number of ether oxygens (including phenoxy) is 1. The van der Waals surface area contributed by atoms with Crippen molar-refractivity contribution in [3.05, 3.63) is 56.2 Å². The Kier molecular flexibility index (Phi) is 4.60. The number of rotatable bonds is 5. The topological polar surface area (TPSA) is 105 Å². The number of urea groups is 1. The Hall–Kier alpha value is -3.03. The van der Waals surface area contributed by atoms with Crippen LogP contribution in [0.5, 0.6) is 5.75 Å². The summed E-state index contributed by atoms with van der Waals surface area (Å²) in [6, 6.07) is 5.97. The van der Waals surface area contributed by atoms with Crippen LogP contribution in [-0.4, -0.2) is 22.7 Å². The molecule has 0 fully saturated rings.